The molecular formula is C26H31ClN4O2S. The minimum Gasteiger partial charge on any atom is -0.394 e. The van der Waals surface area contributed by atoms with Crippen molar-refractivity contribution < 1.29 is 9.32 Å². The van der Waals surface area contributed by atoms with Gasteiger partial charge in [-0.25, -0.2) is 4.98 Å². The molecule has 2 N–H and O–H groups in total. The fourth-order valence-corrected chi connectivity index (χ4v) is 7.44. The molecule has 0 spiro atoms. The van der Waals surface area contributed by atoms with Crippen molar-refractivity contribution in [1.82, 2.24) is 9.97 Å². The van der Waals surface area contributed by atoms with Crippen molar-refractivity contribution in [2.45, 2.75) is 80.3 Å². The molecule has 2 aromatic rings. The molecule has 2 fully saturated rings. The number of nitrogens with one attached hydrogen (secondary N) is 1. The second-order valence-corrected chi connectivity index (χ2v) is 12.1. The van der Waals surface area contributed by atoms with Crippen LogP contribution in [0.25, 0.3) is 5.57 Å². The van der Waals surface area contributed by atoms with Gasteiger partial charge in [0, 0.05) is 16.8 Å². The highest BCUT2D eigenvalue weighted by Gasteiger charge is 2.41. The van der Waals surface area contributed by atoms with E-state index in [0.717, 1.165) is 79.3 Å². The van der Waals surface area contributed by atoms with E-state index in [-0.39, 0.29) is 18.2 Å². The highest BCUT2D eigenvalue weighted by molar-refractivity contribution is 7.85. The third kappa shape index (κ3) is 3.95. The number of nitrogens with zero attached hydrogens (tertiary/aromatic N) is 3. The Hall–Kier alpha value is -1.96. The summed E-state index contributed by atoms with van der Waals surface area (Å²) in [5.41, 5.74) is 3.17. The summed E-state index contributed by atoms with van der Waals surface area (Å²) in [6.07, 6.45) is 11.2. The van der Waals surface area contributed by atoms with E-state index in [1.807, 2.05) is 12.1 Å². The fourth-order valence-electron chi connectivity index (χ4n) is 5.92. The second kappa shape index (κ2) is 8.92. The van der Waals surface area contributed by atoms with E-state index in [1.54, 1.807) is 0 Å². The Kier molecular flexibility index (Phi) is 5.90. The summed E-state index contributed by atoms with van der Waals surface area (Å²) in [6.45, 7) is 0.0654. The van der Waals surface area contributed by atoms with Gasteiger partial charge < -0.3 is 15.3 Å². The van der Waals surface area contributed by atoms with Crippen LogP contribution in [-0.2, 0) is 17.2 Å². The molecule has 3 aliphatic heterocycles. The molecule has 0 radical (unpaired) electrons. The first-order chi connectivity index (χ1) is 16.5. The number of aliphatic hydroxyl groups excluding tert-OH is 1. The Bertz CT molecular complexity index is 1140. The molecule has 1 saturated carbocycles. The van der Waals surface area contributed by atoms with Crippen molar-refractivity contribution >= 4 is 39.7 Å². The summed E-state index contributed by atoms with van der Waals surface area (Å²) in [5, 5.41) is 14.4. The largest absolute Gasteiger partial charge is 0.394 e. The summed E-state index contributed by atoms with van der Waals surface area (Å²) in [5.74, 6) is 2.07. The van der Waals surface area contributed by atoms with Gasteiger partial charge >= 0.3 is 0 Å². The molecule has 1 aromatic heterocycles. The summed E-state index contributed by atoms with van der Waals surface area (Å²) in [6, 6.07) is 8.72. The molecule has 4 heterocycles. The zero-order chi connectivity index (χ0) is 23.3. The van der Waals surface area contributed by atoms with E-state index >= 15 is 0 Å². The molecule has 4 aliphatic rings. The monoisotopic (exact) mass is 498 g/mol. The van der Waals surface area contributed by atoms with Gasteiger partial charge in [-0.2, -0.15) is 4.98 Å². The van der Waals surface area contributed by atoms with Crippen LogP contribution in [0.5, 0.6) is 0 Å². The van der Waals surface area contributed by atoms with E-state index in [2.05, 4.69) is 28.4 Å². The maximum absolute atomic E-state index is 13.2. The Labute approximate surface area is 208 Å². The van der Waals surface area contributed by atoms with Crippen LogP contribution in [0.4, 0.5) is 11.8 Å². The van der Waals surface area contributed by atoms with E-state index in [9.17, 15) is 9.32 Å². The summed E-state index contributed by atoms with van der Waals surface area (Å²) < 4.78 is 13.2. The zero-order valence-corrected chi connectivity index (χ0v) is 20.9. The first-order valence-corrected chi connectivity index (χ1v) is 14.2. The fraction of sp³-hybridized carbons (Fsp3) is 0.538. The van der Waals surface area contributed by atoms with Gasteiger partial charge in [0.2, 0.25) is 5.95 Å². The van der Waals surface area contributed by atoms with E-state index < -0.39 is 10.8 Å². The van der Waals surface area contributed by atoms with E-state index in [4.69, 9.17) is 21.6 Å². The predicted octanol–water partition coefficient (Wildman–Crippen LogP) is 4.73. The van der Waals surface area contributed by atoms with Gasteiger partial charge in [-0.05, 0) is 81.1 Å². The molecule has 1 aromatic carbocycles. The maximum atomic E-state index is 13.2. The Balaban J connectivity index is 1.38. The number of aromatic nitrogens is 2. The average molecular weight is 499 g/mol. The summed E-state index contributed by atoms with van der Waals surface area (Å²) in [7, 11) is -1.12. The van der Waals surface area contributed by atoms with Gasteiger partial charge in [0.05, 0.1) is 34.7 Å². The lowest BCUT2D eigenvalue weighted by Crippen LogP contribution is -2.49. The minimum absolute atomic E-state index is 0.0654. The number of fused-ring (bicyclic) bond motifs is 3. The Morgan fingerprint density at radius 1 is 1.15 bits per heavy atom. The number of benzene rings is 1. The summed E-state index contributed by atoms with van der Waals surface area (Å²) >= 11 is 6.10. The van der Waals surface area contributed by atoms with Gasteiger partial charge in [0.25, 0.3) is 0 Å². The molecule has 6 nitrogen and oxygen atoms in total. The van der Waals surface area contributed by atoms with Crippen LogP contribution >= 0.6 is 11.6 Å². The molecule has 2 bridgehead atoms. The Morgan fingerprint density at radius 3 is 2.68 bits per heavy atom. The lowest BCUT2D eigenvalue weighted by Gasteiger charge is -2.42. The van der Waals surface area contributed by atoms with Crippen molar-refractivity contribution in [3.63, 3.8) is 0 Å². The molecule has 180 valence electrons. The third-order valence-electron chi connectivity index (χ3n) is 7.98. The van der Waals surface area contributed by atoms with Crippen LogP contribution in [0.15, 0.2) is 35.2 Å². The van der Waals surface area contributed by atoms with Crippen LogP contribution in [0, 0.1) is 0 Å². The highest BCUT2D eigenvalue weighted by atomic mass is 35.5. The van der Waals surface area contributed by atoms with Gasteiger partial charge in [0.1, 0.15) is 10.7 Å². The number of hydrogen-bond acceptors (Lipinski definition) is 6. The normalized spacial score (nSPS) is 27.4. The maximum Gasteiger partial charge on any atom is 0.228 e. The lowest BCUT2D eigenvalue weighted by atomic mass is 9.77. The molecule has 3 unspecified atom stereocenters. The van der Waals surface area contributed by atoms with Crippen LogP contribution in [-0.4, -0.2) is 49.3 Å². The smallest absolute Gasteiger partial charge is 0.228 e. The molecule has 1 aliphatic carbocycles. The molecule has 3 atom stereocenters. The number of aryl methyl sites for hydroxylation is 1. The average Bonchev–Trinajstić information content (AvgIpc) is 2.96. The first kappa shape index (κ1) is 22.5. The third-order valence-corrected chi connectivity index (χ3v) is 9.78. The number of aliphatic hydroxyl groups is 1. The molecule has 34 heavy (non-hydrogen) atoms. The van der Waals surface area contributed by atoms with Gasteiger partial charge in [-0.1, -0.05) is 29.8 Å². The summed E-state index contributed by atoms with van der Waals surface area (Å²) in [4.78, 5) is 13.2. The van der Waals surface area contributed by atoms with Gasteiger partial charge in [-0.15, -0.1) is 0 Å². The van der Waals surface area contributed by atoms with Crippen LogP contribution in [0.2, 0.25) is 5.02 Å². The number of hydrogen-bond donors (Lipinski definition) is 2. The van der Waals surface area contributed by atoms with Crippen LogP contribution in [0.1, 0.15) is 62.6 Å². The van der Waals surface area contributed by atoms with E-state index in [0.29, 0.717) is 17.6 Å². The standard InChI is InChI=1S/C26H31ClN4O2S/c27-19-7-5-17(6-8-19)18-14-20-9-10-21(15-18)31(20)25-28-22-4-1-2-13-34(33)23(22)24(29-25)30-26(16-32)11-3-12-26/h5-8,14,20-21,32H,1-4,9-13,15-16H2,(H,28,29,30). The molecular weight excluding hydrogens is 468 g/mol. The molecule has 0 amide bonds. The lowest BCUT2D eigenvalue weighted by molar-refractivity contribution is 0.143. The highest BCUT2D eigenvalue weighted by Crippen LogP contribution is 2.43. The zero-order valence-electron chi connectivity index (χ0n) is 19.3. The van der Waals surface area contributed by atoms with Gasteiger partial charge in [0.15, 0.2) is 0 Å². The van der Waals surface area contributed by atoms with Crippen LogP contribution < -0.4 is 10.2 Å². The number of halogens is 1. The van der Waals surface area contributed by atoms with Gasteiger partial charge in [-0.3, -0.25) is 4.21 Å². The van der Waals surface area contributed by atoms with Crippen molar-refractivity contribution in [3.05, 3.63) is 46.6 Å². The predicted molar refractivity (Wildman–Crippen MR) is 137 cm³/mol. The van der Waals surface area contributed by atoms with Crippen LogP contribution in [0.3, 0.4) is 0 Å². The Morgan fingerprint density at radius 2 is 1.97 bits per heavy atom. The first-order valence-electron chi connectivity index (χ1n) is 12.5. The van der Waals surface area contributed by atoms with Crippen molar-refractivity contribution in [2.24, 2.45) is 0 Å². The molecule has 6 rings (SSSR count). The van der Waals surface area contributed by atoms with Crippen molar-refractivity contribution in [1.29, 1.82) is 0 Å². The van der Waals surface area contributed by atoms with E-state index in [1.165, 1.54) is 11.1 Å². The molecule has 8 heteroatoms. The minimum atomic E-state index is -1.12. The second-order valence-electron chi connectivity index (χ2n) is 10.2. The quantitative estimate of drug-likeness (QED) is 0.620. The topological polar surface area (TPSA) is 78.4 Å². The number of rotatable bonds is 5. The van der Waals surface area contributed by atoms with Crippen molar-refractivity contribution in [2.75, 3.05) is 22.6 Å². The SMILES string of the molecule is O=S1CCCCc2nc(N3C4C=C(c5ccc(Cl)cc5)CC3CC4)nc(NC3(CO)CCC3)c21. The van der Waals surface area contributed by atoms with Crippen molar-refractivity contribution in [3.8, 4) is 0 Å². The molecule has 1 saturated heterocycles. The number of anilines is 2.